The van der Waals surface area contributed by atoms with Crippen LogP contribution in [0, 0.1) is 0 Å². The smallest absolute Gasteiger partial charge is 0.162 e. The van der Waals surface area contributed by atoms with Crippen LogP contribution in [0.1, 0.15) is 25.0 Å². The highest BCUT2D eigenvalue weighted by Crippen LogP contribution is 2.55. The summed E-state index contributed by atoms with van der Waals surface area (Å²) < 4.78 is 2.46. The number of hydrogen-bond donors (Lipinski definition) is 0. The van der Waals surface area contributed by atoms with Gasteiger partial charge in [0, 0.05) is 50.4 Å². The average Bonchev–Trinajstić information content (AvgIpc) is 2.40. The molecule has 0 saturated heterocycles. The Balaban J connectivity index is 0.998. The first-order chi connectivity index (χ1) is 39.9. The maximum Gasteiger partial charge on any atom is 0.162 e. The molecule has 0 saturated carbocycles. The lowest BCUT2D eigenvalue weighted by Crippen LogP contribution is -2.17. The molecule has 0 N–H and O–H groups in total. The summed E-state index contributed by atoms with van der Waals surface area (Å²) in [7, 11) is 0. The maximum atomic E-state index is 5.67. The molecule has 0 unspecified atom stereocenters. The summed E-state index contributed by atoms with van der Waals surface area (Å²) in [6.45, 7) is 4.86. The molecular formula is C77H52N4. The van der Waals surface area contributed by atoms with Gasteiger partial charge in [-0.1, -0.05) is 232 Å². The minimum atomic E-state index is -0.424. The van der Waals surface area contributed by atoms with Gasteiger partial charge in [0.2, 0.25) is 0 Å². The summed E-state index contributed by atoms with van der Waals surface area (Å²) in [5.41, 5.74) is 17.5. The number of hydrogen-bond acceptors (Lipinski definition) is 3. The summed E-state index contributed by atoms with van der Waals surface area (Å²) in [6, 6.07) is 102. The van der Waals surface area contributed by atoms with Gasteiger partial charge in [-0.2, -0.15) is 0 Å². The number of fused-ring (bicyclic) bond motifs is 14. The maximum absolute atomic E-state index is 5.67. The summed E-state index contributed by atoms with van der Waals surface area (Å²) in [6.07, 6.45) is 0. The van der Waals surface area contributed by atoms with Crippen LogP contribution in [0.25, 0.3) is 127 Å². The summed E-state index contributed by atoms with van der Waals surface area (Å²) in [4.78, 5) is 13.6. The second-order valence-electron chi connectivity index (χ2n) is 22.1. The van der Waals surface area contributed by atoms with Crippen LogP contribution in [-0.4, -0.2) is 14.5 Å². The van der Waals surface area contributed by atoms with E-state index in [0.29, 0.717) is 5.82 Å². The van der Waals surface area contributed by atoms with Crippen molar-refractivity contribution in [3.63, 3.8) is 0 Å². The van der Waals surface area contributed by atoms with Crippen molar-refractivity contribution in [3.8, 4) is 61.8 Å². The van der Waals surface area contributed by atoms with Crippen molar-refractivity contribution >= 4 is 82.0 Å². The second kappa shape index (κ2) is 18.3. The molecule has 16 rings (SSSR count). The van der Waals surface area contributed by atoms with Gasteiger partial charge in [-0.25, -0.2) is 9.97 Å². The molecule has 1 aliphatic rings. The summed E-state index contributed by atoms with van der Waals surface area (Å²) >= 11 is 0. The lowest BCUT2D eigenvalue weighted by molar-refractivity contribution is 0.664. The summed E-state index contributed by atoms with van der Waals surface area (Å²) in [5, 5.41) is 12.3. The molecular weight excluding hydrogens is 981 g/mol. The van der Waals surface area contributed by atoms with E-state index in [1.165, 1.54) is 70.9 Å². The van der Waals surface area contributed by atoms with Crippen LogP contribution in [0.5, 0.6) is 0 Å². The molecule has 2 heterocycles. The SMILES string of the molecule is CC1(C)c2cc3c4ccccc4c4ccccc4c3cc2-c2ccc3c4cc(N(c5cccc(-c6ccccc6)c5)c5ccc6ccccc6c5)ccc4n(-c4cc(-c5ccccc5-c5ccccc5)nc(-c5ccccc5)n4)c3c21. The number of benzene rings is 13. The van der Waals surface area contributed by atoms with Gasteiger partial charge in [0.15, 0.2) is 5.82 Å². The van der Waals surface area contributed by atoms with E-state index in [1.807, 2.05) is 0 Å². The van der Waals surface area contributed by atoms with Crippen LogP contribution in [0.2, 0.25) is 0 Å². The fourth-order valence-electron chi connectivity index (χ4n) is 13.4. The van der Waals surface area contributed by atoms with Crippen molar-refractivity contribution in [2.24, 2.45) is 0 Å². The van der Waals surface area contributed by atoms with E-state index in [0.717, 1.165) is 78.2 Å². The van der Waals surface area contributed by atoms with Crippen molar-refractivity contribution in [3.05, 3.63) is 290 Å². The lowest BCUT2D eigenvalue weighted by atomic mass is 9.80. The Morgan fingerprint density at radius 2 is 0.901 bits per heavy atom. The fourth-order valence-corrected chi connectivity index (χ4v) is 13.4. The van der Waals surface area contributed by atoms with Gasteiger partial charge in [-0.15, -0.1) is 0 Å². The second-order valence-corrected chi connectivity index (χ2v) is 22.1. The number of rotatable bonds is 8. The molecule has 0 atom stereocenters. The number of anilines is 3. The first-order valence-corrected chi connectivity index (χ1v) is 28.0. The number of nitrogens with zero attached hydrogens (tertiary/aromatic N) is 4. The predicted octanol–water partition coefficient (Wildman–Crippen LogP) is 20.6. The Morgan fingerprint density at radius 3 is 1.63 bits per heavy atom. The van der Waals surface area contributed by atoms with E-state index in [2.05, 4.69) is 302 Å². The molecule has 15 aromatic rings. The highest BCUT2D eigenvalue weighted by molar-refractivity contribution is 6.26. The molecule has 81 heavy (non-hydrogen) atoms. The zero-order chi connectivity index (χ0) is 53.8. The Labute approximate surface area is 470 Å². The molecule has 0 bridgehead atoms. The van der Waals surface area contributed by atoms with Gasteiger partial charge in [-0.3, -0.25) is 4.57 Å². The third-order valence-corrected chi connectivity index (χ3v) is 17.1. The van der Waals surface area contributed by atoms with Crippen LogP contribution >= 0.6 is 0 Å². The van der Waals surface area contributed by atoms with Gasteiger partial charge in [0.25, 0.3) is 0 Å². The molecule has 2 aromatic heterocycles. The zero-order valence-corrected chi connectivity index (χ0v) is 44.8. The van der Waals surface area contributed by atoms with E-state index < -0.39 is 5.41 Å². The molecule has 0 amide bonds. The Bertz CT molecular complexity index is 5020. The molecule has 0 aliphatic heterocycles. The summed E-state index contributed by atoms with van der Waals surface area (Å²) in [5.74, 6) is 1.47. The van der Waals surface area contributed by atoms with E-state index in [4.69, 9.17) is 9.97 Å². The largest absolute Gasteiger partial charge is 0.310 e. The van der Waals surface area contributed by atoms with Crippen molar-refractivity contribution in [1.82, 2.24) is 14.5 Å². The first-order valence-electron chi connectivity index (χ1n) is 28.0. The van der Waals surface area contributed by atoms with E-state index in [9.17, 15) is 0 Å². The van der Waals surface area contributed by atoms with Crippen LogP contribution in [0.3, 0.4) is 0 Å². The van der Waals surface area contributed by atoms with E-state index >= 15 is 0 Å². The van der Waals surface area contributed by atoms with Gasteiger partial charge in [-0.05, 0) is 142 Å². The van der Waals surface area contributed by atoms with E-state index in [1.54, 1.807) is 0 Å². The number of aromatic nitrogens is 3. The minimum absolute atomic E-state index is 0.424. The molecule has 380 valence electrons. The topological polar surface area (TPSA) is 34.0 Å². The van der Waals surface area contributed by atoms with Crippen molar-refractivity contribution in [1.29, 1.82) is 0 Å². The van der Waals surface area contributed by atoms with Crippen LogP contribution in [0.4, 0.5) is 17.1 Å². The molecule has 4 heteroatoms. The molecule has 13 aromatic carbocycles. The normalized spacial score (nSPS) is 12.7. The Kier molecular flexibility index (Phi) is 10.6. The predicted molar refractivity (Wildman–Crippen MR) is 340 cm³/mol. The van der Waals surface area contributed by atoms with Crippen molar-refractivity contribution in [2.75, 3.05) is 4.90 Å². The highest BCUT2D eigenvalue weighted by atomic mass is 15.1. The highest BCUT2D eigenvalue weighted by Gasteiger charge is 2.40. The van der Waals surface area contributed by atoms with Crippen LogP contribution in [-0.2, 0) is 5.41 Å². The van der Waals surface area contributed by atoms with E-state index in [-0.39, 0.29) is 0 Å². The lowest BCUT2D eigenvalue weighted by Gasteiger charge is -2.26. The Hall–Kier alpha value is -10.4. The minimum Gasteiger partial charge on any atom is -0.310 e. The third kappa shape index (κ3) is 7.45. The van der Waals surface area contributed by atoms with Crippen molar-refractivity contribution < 1.29 is 0 Å². The van der Waals surface area contributed by atoms with Crippen LogP contribution < -0.4 is 4.90 Å². The molecule has 4 nitrogen and oxygen atoms in total. The fraction of sp³-hybridized carbons (Fsp3) is 0.0390. The van der Waals surface area contributed by atoms with Crippen LogP contribution in [0.15, 0.2) is 279 Å². The van der Waals surface area contributed by atoms with Gasteiger partial charge < -0.3 is 4.90 Å². The molecule has 0 fully saturated rings. The van der Waals surface area contributed by atoms with Gasteiger partial charge >= 0.3 is 0 Å². The van der Waals surface area contributed by atoms with Gasteiger partial charge in [0.05, 0.1) is 16.7 Å². The average molecular weight is 1030 g/mol. The first kappa shape index (κ1) is 46.7. The van der Waals surface area contributed by atoms with Gasteiger partial charge in [0.1, 0.15) is 5.82 Å². The monoisotopic (exact) mass is 1030 g/mol. The van der Waals surface area contributed by atoms with Crippen molar-refractivity contribution in [2.45, 2.75) is 19.3 Å². The molecule has 0 spiro atoms. The molecule has 0 radical (unpaired) electrons. The quantitative estimate of drug-likeness (QED) is 0.142. The third-order valence-electron chi connectivity index (χ3n) is 17.1. The Morgan fingerprint density at radius 1 is 0.333 bits per heavy atom. The molecule has 1 aliphatic carbocycles. The zero-order valence-electron chi connectivity index (χ0n) is 44.8. The standard InChI is InChI=1S/C77H52N4/c1-77(2)70-47-67-62-35-18-16-33-60(62)59-32-15-17-34-61(59)66(67)46-68(70)64-40-41-65-69-45-57(80(56-38-37-50-23-12-13-28-53(50)44-56)55-30-20-29-54(43-55)49-21-6-3-7-22-49)39-42-72(69)81(75(65)74(64)77)73-48-71(78-76(79-73)52-26-10-5-11-27-52)63-36-19-14-31-58(63)51-24-8-4-9-25-51/h3-48H,1-2H3.